The fourth-order valence-electron chi connectivity index (χ4n) is 4.65. The molecule has 0 saturated carbocycles. The molecule has 5 nitrogen and oxygen atoms in total. The van der Waals surface area contributed by atoms with Crippen LogP contribution in [0, 0.1) is 0 Å². The van der Waals surface area contributed by atoms with Crippen molar-refractivity contribution in [2.24, 2.45) is 4.99 Å². The number of aliphatic imine (C=N–C) groups is 1. The fraction of sp³-hybridized carbons (Fsp3) is 0.308. The van der Waals surface area contributed by atoms with Crippen LogP contribution in [-0.2, 0) is 10.2 Å². The molecule has 164 valence electrons. The van der Waals surface area contributed by atoms with Gasteiger partial charge in [0.25, 0.3) is 0 Å². The molecule has 0 fully saturated rings. The van der Waals surface area contributed by atoms with Gasteiger partial charge in [-0.2, -0.15) is 0 Å². The molecule has 0 radical (unpaired) electrons. The van der Waals surface area contributed by atoms with Gasteiger partial charge in [0.1, 0.15) is 21.5 Å². The van der Waals surface area contributed by atoms with E-state index in [-0.39, 0.29) is 11.4 Å². The third-order valence-corrected chi connectivity index (χ3v) is 6.91. The van der Waals surface area contributed by atoms with Gasteiger partial charge in [0.2, 0.25) is 5.72 Å². The van der Waals surface area contributed by atoms with Crippen molar-refractivity contribution in [2.45, 2.75) is 43.2 Å². The van der Waals surface area contributed by atoms with Crippen LogP contribution in [0.2, 0.25) is 0 Å². The summed E-state index contributed by atoms with van der Waals surface area (Å²) in [5.74, 6) is 0.828. The second-order valence-electron chi connectivity index (χ2n) is 9.42. The Morgan fingerprint density at radius 1 is 1.12 bits per heavy atom. The van der Waals surface area contributed by atoms with Gasteiger partial charge in [0, 0.05) is 18.1 Å². The lowest BCUT2D eigenvalue weighted by molar-refractivity contribution is -0.136. The van der Waals surface area contributed by atoms with E-state index in [1.54, 1.807) is 19.9 Å². The van der Waals surface area contributed by atoms with Crippen molar-refractivity contribution in [1.29, 1.82) is 0 Å². The highest BCUT2D eigenvalue weighted by Gasteiger charge is 2.58. The van der Waals surface area contributed by atoms with Crippen molar-refractivity contribution in [3.63, 3.8) is 0 Å². The zero-order chi connectivity index (χ0) is 22.9. The fourth-order valence-corrected chi connectivity index (χ4v) is 4.73. The minimum atomic E-state index is -0.765. The van der Waals surface area contributed by atoms with Crippen molar-refractivity contribution in [3.05, 3.63) is 60.2 Å². The van der Waals surface area contributed by atoms with Gasteiger partial charge in [-0.1, -0.05) is 46.3 Å². The Morgan fingerprint density at radius 2 is 1.84 bits per heavy atom. The van der Waals surface area contributed by atoms with Crippen molar-refractivity contribution in [1.82, 2.24) is 0 Å². The number of hydrogen-bond donors (Lipinski definition) is 0. The summed E-state index contributed by atoms with van der Waals surface area (Å²) in [6.07, 6.45) is 1.91. The summed E-state index contributed by atoms with van der Waals surface area (Å²) in [4.78, 5) is 19.4. The molecule has 1 spiro atoms. The van der Waals surface area contributed by atoms with E-state index in [1.165, 1.54) is 5.56 Å². The second-order valence-corrected chi connectivity index (χ2v) is 11.4. The summed E-state index contributed by atoms with van der Waals surface area (Å²) in [7, 11) is 2.05. The molecule has 0 aromatic heterocycles. The minimum absolute atomic E-state index is 0.312. The number of likely N-dealkylation sites (N-methyl/N-ethyl adjacent to an activating group) is 1. The number of nitrogens with zero attached hydrogens (tertiary/aromatic N) is 2. The SMILES string of the molecule is CN1c2ccccc2C(C)(C)C12C=Nc1c(ccc3ccc(OC(=O)C(C)(C)Br)cc13)O2. The predicted molar refractivity (Wildman–Crippen MR) is 132 cm³/mol. The first-order chi connectivity index (χ1) is 15.0. The maximum atomic E-state index is 12.3. The molecule has 0 N–H and O–H groups in total. The Kier molecular flexibility index (Phi) is 4.48. The van der Waals surface area contributed by atoms with E-state index in [9.17, 15) is 4.79 Å². The molecule has 32 heavy (non-hydrogen) atoms. The number of carbonyl (C=O) groups is 1. The lowest BCUT2D eigenvalue weighted by Gasteiger charge is -2.45. The summed E-state index contributed by atoms with van der Waals surface area (Å²) < 4.78 is 11.5. The highest BCUT2D eigenvalue weighted by molar-refractivity contribution is 9.10. The van der Waals surface area contributed by atoms with Crippen LogP contribution in [0.4, 0.5) is 11.4 Å². The number of carbonyl (C=O) groups excluding carboxylic acids is 1. The molecule has 6 heteroatoms. The smallest absolute Gasteiger partial charge is 0.327 e. The normalized spacial score (nSPS) is 20.8. The van der Waals surface area contributed by atoms with E-state index in [2.05, 4.69) is 52.9 Å². The Bertz CT molecular complexity index is 1290. The minimum Gasteiger partial charge on any atom is -0.459 e. The van der Waals surface area contributed by atoms with Crippen LogP contribution in [-0.4, -0.2) is 29.3 Å². The maximum absolute atomic E-state index is 12.3. The van der Waals surface area contributed by atoms with Gasteiger partial charge in [-0.05, 0) is 62.9 Å². The van der Waals surface area contributed by atoms with Gasteiger partial charge in [0.15, 0.2) is 0 Å². The molecule has 5 rings (SSSR count). The first-order valence-corrected chi connectivity index (χ1v) is 11.4. The molecule has 3 aromatic carbocycles. The number of hydrogen-bond acceptors (Lipinski definition) is 5. The summed E-state index contributed by atoms with van der Waals surface area (Å²) in [6, 6.07) is 17.9. The molecule has 3 aromatic rings. The number of anilines is 1. The van der Waals surface area contributed by atoms with E-state index in [1.807, 2.05) is 43.6 Å². The van der Waals surface area contributed by atoms with Crippen molar-refractivity contribution >= 4 is 50.3 Å². The van der Waals surface area contributed by atoms with Crippen LogP contribution in [0.1, 0.15) is 33.3 Å². The third-order valence-electron chi connectivity index (χ3n) is 6.59. The summed E-state index contributed by atoms with van der Waals surface area (Å²) in [5, 5.41) is 1.88. The predicted octanol–water partition coefficient (Wildman–Crippen LogP) is 6.14. The summed E-state index contributed by atoms with van der Waals surface area (Å²) in [6.45, 7) is 7.89. The van der Waals surface area contributed by atoms with Gasteiger partial charge in [0.05, 0.1) is 11.6 Å². The summed E-state index contributed by atoms with van der Waals surface area (Å²) in [5.41, 5.74) is 2.06. The first-order valence-electron chi connectivity index (χ1n) is 10.6. The molecule has 0 bridgehead atoms. The maximum Gasteiger partial charge on any atom is 0.327 e. The number of para-hydroxylation sites is 1. The number of esters is 1. The molecule has 0 amide bonds. The number of ether oxygens (including phenoxy) is 2. The molecule has 0 saturated heterocycles. The average molecular weight is 493 g/mol. The van der Waals surface area contributed by atoms with Gasteiger partial charge < -0.3 is 14.4 Å². The number of halogens is 1. The van der Waals surface area contributed by atoms with Gasteiger partial charge in [-0.25, -0.2) is 0 Å². The van der Waals surface area contributed by atoms with E-state index in [4.69, 9.17) is 14.5 Å². The van der Waals surface area contributed by atoms with E-state index in [0.29, 0.717) is 11.5 Å². The highest BCUT2D eigenvalue weighted by atomic mass is 79.9. The lowest BCUT2D eigenvalue weighted by Crippen LogP contribution is -2.61. The first kappa shape index (κ1) is 21.0. The van der Waals surface area contributed by atoms with E-state index in [0.717, 1.165) is 22.1 Å². The second kappa shape index (κ2) is 6.82. The molecular formula is C26H25BrN2O3. The van der Waals surface area contributed by atoms with Gasteiger partial charge >= 0.3 is 5.97 Å². The number of benzene rings is 3. The molecule has 0 aliphatic carbocycles. The molecule has 1 atom stereocenters. The lowest BCUT2D eigenvalue weighted by atomic mass is 9.77. The largest absolute Gasteiger partial charge is 0.459 e. The van der Waals surface area contributed by atoms with Crippen LogP contribution >= 0.6 is 15.9 Å². The van der Waals surface area contributed by atoms with Gasteiger partial charge in [-0.3, -0.25) is 9.79 Å². The standard InChI is InChI=1S/C26H25BrN2O3/c1-24(2)19-8-6-7-9-20(19)29(5)26(24)15-28-22-18-14-17(31-23(30)25(3,4)27)12-10-16(18)11-13-21(22)32-26/h6-15H,1-5H3. The van der Waals surface area contributed by atoms with Crippen molar-refractivity contribution in [2.75, 3.05) is 11.9 Å². The number of fused-ring (bicyclic) bond motifs is 4. The Balaban J connectivity index is 1.59. The van der Waals surface area contributed by atoms with Crippen molar-refractivity contribution in [3.8, 4) is 11.5 Å². The zero-order valence-electron chi connectivity index (χ0n) is 18.8. The average Bonchev–Trinajstić information content (AvgIpc) is 2.91. The molecule has 2 heterocycles. The molecular weight excluding hydrogens is 468 g/mol. The number of alkyl halides is 1. The highest BCUT2D eigenvalue weighted by Crippen LogP contribution is 2.54. The van der Waals surface area contributed by atoms with Gasteiger partial charge in [-0.15, -0.1) is 0 Å². The third kappa shape index (κ3) is 2.89. The van der Waals surface area contributed by atoms with E-state index < -0.39 is 10.0 Å². The Hall–Kier alpha value is -2.86. The van der Waals surface area contributed by atoms with Crippen LogP contribution in [0.5, 0.6) is 11.5 Å². The van der Waals surface area contributed by atoms with E-state index >= 15 is 0 Å². The quantitative estimate of drug-likeness (QED) is 0.245. The Morgan fingerprint density at radius 3 is 2.56 bits per heavy atom. The summed E-state index contributed by atoms with van der Waals surface area (Å²) >= 11 is 3.35. The zero-order valence-corrected chi connectivity index (χ0v) is 20.4. The Labute approximate surface area is 196 Å². The molecule has 2 aliphatic heterocycles. The van der Waals surface area contributed by atoms with Crippen LogP contribution in [0.3, 0.4) is 0 Å². The van der Waals surface area contributed by atoms with Crippen LogP contribution in [0.15, 0.2) is 59.6 Å². The van der Waals surface area contributed by atoms with Crippen LogP contribution < -0.4 is 14.4 Å². The van der Waals surface area contributed by atoms with Crippen molar-refractivity contribution < 1.29 is 14.3 Å². The topological polar surface area (TPSA) is 51.1 Å². The number of rotatable bonds is 2. The monoisotopic (exact) mass is 492 g/mol. The molecule has 1 unspecified atom stereocenters. The van der Waals surface area contributed by atoms with Crippen LogP contribution in [0.25, 0.3) is 10.8 Å². The molecule has 2 aliphatic rings.